The fourth-order valence-electron chi connectivity index (χ4n) is 4.60. The second-order valence-corrected chi connectivity index (χ2v) is 11.3. The van der Waals surface area contributed by atoms with Crippen molar-refractivity contribution in [2.75, 3.05) is 27.7 Å². The van der Waals surface area contributed by atoms with Gasteiger partial charge in [0.1, 0.15) is 5.75 Å². The van der Waals surface area contributed by atoms with E-state index in [1.54, 1.807) is 24.3 Å². The maximum Gasteiger partial charge on any atom is 0.116 e. The molecule has 2 rings (SSSR count). The van der Waals surface area contributed by atoms with Crippen molar-refractivity contribution < 1.29 is 19.5 Å². The van der Waals surface area contributed by atoms with Crippen LogP contribution in [-0.4, -0.2) is 43.2 Å². The first-order chi connectivity index (χ1) is 17.2. The summed E-state index contributed by atoms with van der Waals surface area (Å²) in [5, 5.41) is 21.3. The molecule has 204 valence electrons. The molecule has 0 amide bonds. The van der Waals surface area contributed by atoms with Gasteiger partial charge < -0.3 is 19.5 Å². The Morgan fingerprint density at radius 3 is 1.61 bits per heavy atom. The average molecular weight is 500 g/mol. The highest BCUT2D eigenvalue weighted by molar-refractivity contribution is 6.03. The molecule has 0 atom stereocenters. The minimum absolute atomic E-state index is 0.0144. The Hall–Kier alpha value is -2.07. The summed E-state index contributed by atoms with van der Waals surface area (Å²) in [4.78, 5) is 10.7. The highest BCUT2D eigenvalue weighted by Gasteiger charge is 2.05. The molecule has 36 heavy (non-hydrogen) atoms. The quantitative estimate of drug-likeness (QED) is 0.168. The molecule has 0 aliphatic heterocycles. The molecule has 0 aliphatic rings. The number of benzene rings is 2. The number of carbonyl (C=O) groups excluding carboxylic acids is 1. The molecule has 0 aromatic heterocycles. The van der Waals surface area contributed by atoms with E-state index >= 15 is 0 Å². The molecule has 0 spiro atoms. The van der Waals surface area contributed by atoms with Gasteiger partial charge in [-0.25, -0.2) is 0 Å². The van der Waals surface area contributed by atoms with Crippen LogP contribution in [0.5, 0.6) is 5.75 Å². The lowest BCUT2D eigenvalue weighted by Crippen LogP contribution is -2.35. The number of carbonyl (C=O) groups is 1. The van der Waals surface area contributed by atoms with Gasteiger partial charge in [0.15, 0.2) is 0 Å². The maximum atomic E-state index is 10.7. The standard InChI is InChI=1S/C21H46N.C11H8O3/c1-5-6-7-8-9-10-11-12-13-14-15-16-17-18-19-20-21-22(2,3)4;12-8-5-7-3-1-2-4-9(7)10(6-8)11(13)14/h5-21H2,1-4H3;1-6,12H,(H,13,14)/q+1;/p-1. The van der Waals surface area contributed by atoms with Gasteiger partial charge >= 0.3 is 0 Å². The van der Waals surface area contributed by atoms with E-state index in [1.807, 2.05) is 0 Å². The van der Waals surface area contributed by atoms with Crippen LogP contribution in [0, 0.1) is 0 Å². The van der Waals surface area contributed by atoms with E-state index in [9.17, 15) is 15.0 Å². The van der Waals surface area contributed by atoms with Gasteiger partial charge in [-0.15, -0.1) is 0 Å². The molecule has 1 N–H and O–H groups in total. The summed E-state index contributed by atoms with van der Waals surface area (Å²) in [6, 6.07) is 9.65. The highest BCUT2D eigenvalue weighted by atomic mass is 16.4. The van der Waals surface area contributed by atoms with E-state index in [1.165, 1.54) is 121 Å². The first-order valence-electron chi connectivity index (χ1n) is 14.5. The number of hydrogen-bond acceptors (Lipinski definition) is 3. The van der Waals surface area contributed by atoms with Crippen molar-refractivity contribution in [2.24, 2.45) is 0 Å². The van der Waals surface area contributed by atoms with Gasteiger partial charge in [0.25, 0.3) is 0 Å². The topological polar surface area (TPSA) is 60.4 Å². The third kappa shape index (κ3) is 15.8. The average Bonchev–Trinajstić information content (AvgIpc) is 2.83. The number of nitrogens with zero attached hydrogens (tertiary/aromatic N) is 1. The molecule has 0 aliphatic carbocycles. The number of rotatable bonds is 18. The van der Waals surface area contributed by atoms with Crippen molar-refractivity contribution in [3.63, 3.8) is 0 Å². The van der Waals surface area contributed by atoms with E-state index in [0.29, 0.717) is 10.8 Å². The van der Waals surface area contributed by atoms with Crippen molar-refractivity contribution >= 4 is 16.7 Å². The number of phenols is 1. The summed E-state index contributed by atoms with van der Waals surface area (Å²) in [7, 11) is 6.89. The van der Waals surface area contributed by atoms with Gasteiger partial charge in [0.2, 0.25) is 0 Å². The van der Waals surface area contributed by atoms with Crippen molar-refractivity contribution in [3.8, 4) is 5.75 Å². The smallest absolute Gasteiger partial charge is 0.116 e. The Labute approximate surface area is 221 Å². The highest BCUT2D eigenvalue weighted by Crippen LogP contribution is 2.24. The maximum absolute atomic E-state index is 10.7. The van der Waals surface area contributed by atoms with Crippen LogP contribution in [0.2, 0.25) is 0 Å². The molecule has 4 nitrogen and oxygen atoms in total. The molecule has 0 heterocycles. The zero-order valence-corrected chi connectivity index (χ0v) is 23.7. The second-order valence-electron chi connectivity index (χ2n) is 11.3. The number of carboxylic acid groups (broad SMARTS) is 1. The number of quaternary nitrogens is 1. The molecule has 2 aromatic carbocycles. The van der Waals surface area contributed by atoms with Crippen LogP contribution in [0.15, 0.2) is 36.4 Å². The number of phenolic OH excluding ortho intramolecular Hbond substituents is 1. The third-order valence-electron chi connectivity index (χ3n) is 6.75. The number of aromatic carboxylic acids is 1. The molecule has 0 saturated carbocycles. The monoisotopic (exact) mass is 499 g/mol. The van der Waals surface area contributed by atoms with Crippen molar-refractivity contribution in [3.05, 3.63) is 42.0 Å². The van der Waals surface area contributed by atoms with Gasteiger partial charge in [-0.3, -0.25) is 0 Å². The zero-order valence-electron chi connectivity index (χ0n) is 23.7. The number of carboxylic acids is 1. The predicted molar refractivity (Wildman–Crippen MR) is 152 cm³/mol. The van der Waals surface area contributed by atoms with Crippen LogP contribution in [0.1, 0.15) is 120 Å². The summed E-state index contributed by atoms with van der Waals surface area (Å²) in [5.41, 5.74) is 0.0144. The van der Waals surface area contributed by atoms with Gasteiger partial charge in [-0.05, 0) is 35.7 Å². The molecule has 2 aromatic rings. The Balaban J connectivity index is 0.000000393. The van der Waals surface area contributed by atoms with Gasteiger partial charge in [0, 0.05) is 5.56 Å². The van der Waals surface area contributed by atoms with Crippen LogP contribution < -0.4 is 5.11 Å². The predicted octanol–water partition coefficient (Wildman–Crippen LogP) is 7.86. The Bertz CT molecular complexity index is 841. The largest absolute Gasteiger partial charge is 0.545 e. The fraction of sp³-hybridized carbons (Fsp3) is 0.656. The zero-order chi connectivity index (χ0) is 26.7. The number of aromatic hydroxyl groups is 1. The molecular formula is C32H53NO3. The first kappa shape index (κ1) is 32.0. The lowest BCUT2D eigenvalue weighted by atomic mass is 10.0. The van der Waals surface area contributed by atoms with Gasteiger partial charge in [-0.2, -0.15) is 0 Å². The second kappa shape index (κ2) is 19.1. The molecule has 0 radical (unpaired) electrons. The van der Waals surface area contributed by atoms with Crippen LogP contribution >= 0.6 is 0 Å². The molecule has 0 unspecified atom stereocenters. The van der Waals surface area contributed by atoms with Gasteiger partial charge in [-0.1, -0.05) is 121 Å². The Morgan fingerprint density at radius 2 is 1.17 bits per heavy atom. The van der Waals surface area contributed by atoms with E-state index < -0.39 is 5.97 Å². The number of unbranched alkanes of at least 4 members (excludes halogenated alkanes) is 15. The van der Waals surface area contributed by atoms with Gasteiger partial charge in [0.05, 0.1) is 33.7 Å². The first-order valence-corrected chi connectivity index (χ1v) is 14.5. The Kier molecular flexibility index (Phi) is 17.0. The molecular weight excluding hydrogens is 446 g/mol. The van der Waals surface area contributed by atoms with Crippen LogP contribution in [0.4, 0.5) is 0 Å². The van der Waals surface area contributed by atoms with Crippen LogP contribution in [0.25, 0.3) is 10.8 Å². The van der Waals surface area contributed by atoms with E-state index in [4.69, 9.17) is 0 Å². The lowest BCUT2D eigenvalue weighted by molar-refractivity contribution is -0.870. The molecule has 0 saturated heterocycles. The summed E-state index contributed by atoms with van der Waals surface area (Å²) in [6.07, 6.45) is 23.4. The van der Waals surface area contributed by atoms with E-state index in [2.05, 4.69) is 28.1 Å². The molecule has 0 fully saturated rings. The fourth-order valence-corrected chi connectivity index (χ4v) is 4.60. The summed E-state index contributed by atoms with van der Waals surface area (Å²) in [6.45, 7) is 3.63. The third-order valence-corrected chi connectivity index (χ3v) is 6.75. The number of hydrogen-bond donors (Lipinski definition) is 1. The van der Waals surface area contributed by atoms with Crippen LogP contribution in [0.3, 0.4) is 0 Å². The van der Waals surface area contributed by atoms with E-state index in [0.717, 1.165) is 4.48 Å². The SMILES string of the molecule is CCCCCCCCCCCCCCCCCC[N+](C)(C)C.O=C([O-])c1cc(O)cc2ccccc12. The molecule has 4 heteroatoms. The number of fused-ring (bicyclic) bond motifs is 1. The Morgan fingerprint density at radius 1 is 0.722 bits per heavy atom. The minimum atomic E-state index is -1.28. The normalized spacial score (nSPS) is 11.3. The van der Waals surface area contributed by atoms with Crippen molar-refractivity contribution in [1.29, 1.82) is 0 Å². The summed E-state index contributed by atoms with van der Waals surface area (Å²) in [5.74, 6) is -1.35. The lowest BCUT2D eigenvalue weighted by Gasteiger charge is -2.23. The van der Waals surface area contributed by atoms with Crippen molar-refractivity contribution in [1.82, 2.24) is 0 Å². The summed E-state index contributed by atoms with van der Waals surface area (Å²) >= 11 is 0. The minimum Gasteiger partial charge on any atom is -0.545 e. The van der Waals surface area contributed by atoms with Crippen LogP contribution in [-0.2, 0) is 0 Å². The summed E-state index contributed by atoms with van der Waals surface area (Å²) < 4.78 is 1.12. The van der Waals surface area contributed by atoms with Crippen molar-refractivity contribution in [2.45, 2.75) is 110 Å². The molecule has 0 bridgehead atoms. The van der Waals surface area contributed by atoms with E-state index in [-0.39, 0.29) is 11.3 Å².